The van der Waals surface area contributed by atoms with E-state index in [4.69, 9.17) is 9.47 Å². The van der Waals surface area contributed by atoms with Crippen LogP contribution >= 0.6 is 0 Å². The van der Waals surface area contributed by atoms with Gasteiger partial charge in [0.25, 0.3) is 0 Å². The highest BCUT2D eigenvalue weighted by Crippen LogP contribution is 1.98. The third-order valence-electron chi connectivity index (χ3n) is 1.53. The minimum absolute atomic E-state index is 0.0804. The van der Waals surface area contributed by atoms with Gasteiger partial charge in [0.15, 0.2) is 6.29 Å². The van der Waals surface area contributed by atoms with Crippen molar-refractivity contribution in [1.29, 1.82) is 0 Å². The molecule has 0 heterocycles. The number of carbonyl (C=O) groups excluding carboxylic acids is 2. The van der Waals surface area contributed by atoms with E-state index in [-0.39, 0.29) is 18.7 Å². The van der Waals surface area contributed by atoms with E-state index in [9.17, 15) is 9.59 Å². The summed E-state index contributed by atoms with van der Waals surface area (Å²) in [7, 11) is 1.52. The van der Waals surface area contributed by atoms with Crippen molar-refractivity contribution in [3.8, 4) is 0 Å². The van der Waals surface area contributed by atoms with Gasteiger partial charge in [-0.2, -0.15) is 0 Å². The Balaban J connectivity index is 3.59. The van der Waals surface area contributed by atoms with Crippen molar-refractivity contribution in [2.24, 2.45) is 0 Å². The maximum absolute atomic E-state index is 11.1. The lowest BCUT2D eigenvalue weighted by molar-refractivity contribution is -0.174. The van der Waals surface area contributed by atoms with Gasteiger partial charge in [-0.15, -0.1) is 0 Å². The number of hydrogen-bond acceptors (Lipinski definition) is 4. The molecular weight excluding hydrogens is 186 g/mol. The fourth-order valence-electron chi connectivity index (χ4n) is 0.853. The molecule has 0 aromatic rings. The van der Waals surface area contributed by atoms with E-state index < -0.39 is 12.3 Å². The fourth-order valence-corrected chi connectivity index (χ4v) is 0.853. The number of rotatable bonds is 6. The van der Waals surface area contributed by atoms with Crippen LogP contribution in [0.3, 0.4) is 0 Å². The van der Waals surface area contributed by atoms with Gasteiger partial charge < -0.3 is 14.8 Å². The summed E-state index contributed by atoms with van der Waals surface area (Å²) in [5.74, 6) is -0.597. The Hall–Kier alpha value is -1.10. The van der Waals surface area contributed by atoms with E-state index in [2.05, 4.69) is 5.32 Å². The molecule has 5 nitrogen and oxygen atoms in total. The van der Waals surface area contributed by atoms with E-state index >= 15 is 0 Å². The first-order valence-electron chi connectivity index (χ1n) is 4.61. The van der Waals surface area contributed by atoms with Gasteiger partial charge in [-0.25, -0.2) is 0 Å². The molecule has 0 saturated heterocycles. The van der Waals surface area contributed by atoms with Gasteiger partial charge >= 0.3 is 5.97 Å². The monoisotopic (exact) mass is 203 g/mol. The molecule has 0 rings (SSSR count). The summed E-state index contributed by atoms with van der Waals surface area (Å²) in [6, 6.07) is 0. The fraction of sp³-hybridized carbons (Fsp3) is 0.778. The first-order valence-corrected chi connectivity index (χ1v) is 4.61. The maximum atomic E-state index is 11.1. The topological polar surface area (TPSA) is 64.6 Å². The Morgan fingerprint density at radius 2 is 2.00 bits per heavy atom. The quantitative estimate of drug-likeness (QED) is 0.502. The van der Waals surface area contributed by atoms with Crippen molar-refractivity contribution in [2.75, 3.05) is 13.7 Å². The Morgan fingerprint density at radius 1 is 1.36 bits per heavy atom. The van der Waals surface area contributed by atoms with Crippen molar-refractivity contribution in [2.45, 2.75) is 33.0 Å². The van der Waals surface area contributed by atoms with E-state index in [0.29, 0.717) is 6.61 Å². The van der Waals surface area contributed by atoms with Crippen LogP contribution < -0.4 is 5.32 Å². The first-order chi connectivity index (χ1) is 6.60. The molecule has 82 valence electrons. The summed E-state index contributed by atoms with van der Waals surface area (Å²) in [6.07, 6.45) is -0.317. The largest absolute Gasteiger partial charge is 0.436 e. The molecule has 0 aliphatic rings. The van der Waals surface area contributed by atoms with Gasteiger partial charge in [-0.3, -0.25) is 9.59 Å². The molecule has 0 aromatic heterocycles. The molecule has 0 bridgehead atoms. The Labute approximate surface area is 83.8 Å². The summed E-state index contributed by atoms with van der Waals surface area (Å²) in [4.78, 5) is 21.8. The molecule has 0 fully saturated rings. The van der Waals surface area contributed by atoms with E-state index in [1.165, 1.54) is 7.05 Å². The highest BCUT2D eigenvalue weighted by molar-refractivity contribution is 5.80. The zero-order valence-electron chi connectivity index (χ0n) is 8.83. The molecule has 14 heavy (non-hydrogen) atoms. The number of hydrogen-bond donors (Lipinski definition) is 1. The smallest absolute Gasteiger partial charge is 0.308 e. The molecule has 0 aromatic carbocycles. The molecule has 1 atom stereocenters. The van der Waals surface area contributed by atoms with Crippen LogP contribution in [0.5, 0.6) is 0 Å². The Morgan fingerprint density at radius 3 is 2.50 bits per heavy atom. The van der Waals surface area contributed by atoms with Crippen LogP contribution in [0.15, 0.2) is 0 Å². The zero-order chi connectivity index (χ0) is 11.0. The van der Waals surface area contributed by atoms with Crippen molar-refractivity contribution in [3.05, 3.63) is 0 Å². The van der Waals surface area contributed by atoms with Gasteiger partial charge in [0.05, 0.1) is 6.42 Å². The lowest BCUT2D eigenvalue weighted by atomic mass is 10.3. The molecule has 1 N–H and O–H groups in total. The normalized spacial score (nSPS) is 11.9. The lowest BCUT2D eigenvalue weighted by Gasteiger charge is -2.12. The van der Waals surface area contributed by atoms with Gasteiger partial charge in [0, 0.05) is 20.1 Å². The zero-order valence-corrected chi connectivity index (χ0v) is 8.83. The lowest BCUT2D eigenvalue weighted by Crippen LogP contribution is -2.22. The van der Waals surface area contributed by atoms with Gasteiger partial charge in [0.1, 0.15) is 0 Å². The first kappa shape index (κ1) is 12.9. The highest BCUT2D eigenvalue weighted by atomic mass is 16.7. The summed E-state index contributed by atoms with van der Waals surface area (Å²) < 4.78 is 9.85. The van der Waals surface area contributed by atoms with Crippen LogP contribution in [0, 0.1) is 0 Å². The number of ether oxygens (including phenoxy) is 2. The van der Waals surface area contributed by atoms with Crippen LogP contribution in [-0.4, -0.2) is 31.8 Å². The Bertz CT molecular complexity index is 193. The average Bonchev–Trinajstić information content (AvgIpc) is 2.14. The molecule has 0 saturated carbocycles. The standard InChI is InChI=1S/C9H17NO4/c1-4-13-7(2)14-9(12)6-5-8(11)10-3/h7H,4-6H2,1-3H3,(H,10,11). The van der Waals surface area contributed by atoms with Crippen LogP contribution in [0.25, 0.3) is 0 Å². The molecule has 0 aliphatic heterocycles. The summed E-state index contributed by atoms with van der Waals surface area (Å²) >= 11 is 0. The maximum Gasteiger partial charge on any atom is 0.308 e. The predicted octanol–water partition coefficient (Wildman–Crippen LogP) is 0.438. The average molecular weight is 203 g/mol. The minimum Gasteiger partial charge on any atom is -0.436 e. The third kappa shape index (κ3) is 6.42. The summed E-state index contributed by atoms with van der Waals surface area (Å²) in [5, 5.41) is 2.42. The number of carbonyl (C=O) groups is 2. The second-order valence-corrected chi connectivity index (χ2v) is 2.69. The SMILES string of the molecule is CCOC(C)OC(=O)CCC(=O)NC. The molecule has 0 aliphatic carbocycles. The van der Waals surface area contributed by atoms with E-state index in [1.54, 1.807) is 6.92 Å². The van der Waals surface area contributed by atoms with E-state index in [1.807, 2.05) is 6.92 Å². The molecule has 0 spiro atoms. The van der Waals surface area contributed by atoms with Crippen LogP contribution in [0.1, 0.15) is 26.7 Å². The van der Waals surface area contributed by atoms with E-state index in [0.717, 1.165) is 0 Å². The van der Waals surface area contributed by atoms with Crippen LogP contribution in [-0.2, 0) is 19.1 Å². The van der Waals surface area contributed by atoms with Gasteiger partial charge in [-0.05, 0) is 13.8 Å². The van der Waals surface area contributed by atoms with Crippen LogP contribution in [0.2, 0.25) is 0 Å². The number of nitrogens with one attached hydrogen (secondary N) is 1. The van der Waals surface area contributed by atoms with Crippen molar-refractivity contribution in [1.82, 2.24) is 5.32 Å². The second kappa shape index (κ2) is 7.32. The van der Waals surface area contributed by atoms with Crippen molar-refractivity contribution < 1.29 is 19.1 Å². The van der Waals surface area contributed by atoms with Crippen molar-refractivity contribution in [3.63, 3.8) is 0 Å². The molecular formula is C9H17NO4. The Kier molecular flexibility index (Phi) is 6.74. The third-order valence-corrected chi connectivity index (χ3v) is 1.53. The minimum atomic E-state index is -0.544. The summed E-state index contributed by atoms with van der Waals surface area (Å²) in [6.45, 7) is 3.94. The molecule has 0 radical (unpaired) electrons. The van der Waals surface area contributed by atoms with Gasteiger partial charge in [-0.1, -0.05) is 0 Å². The van der Waals surface area contributed by atoms with Crippen molar-refractivity contribution >= 4 is 11.9 Å². The summed E-state index contributed by atoms with van der Waals surface area (Å²) in [5.41, 5.74) is 0. The van der Waals surface area contributed by atoms with Gasteiger partial charge in [0.2, 0.25) is 5.91 Å². The molecule has 1 unspecified atom stereocenters. The number of amides is 1. The predicted molar refractivity (Wildman–Crippen MR) is 50.5 cm³/mol. The molecule has 5 heteroatoms. The highest BCUT2D eigenvalue weighted by Gasteiger charge is 2.10. The number of esters is 1. The van der Waals surface area contributed by atoms with Crippen LogP contribution in [0.4, 0.5) is 0 Å². The second-order valence-electron chi connectivity index (χ2n) is 2.69. The molecule has 1 amide bonds.